The maximum Gasteiger partial charge on any atom is 0.254 e. The Labute approximate surface area is 155 Å². The molecule has 0 saturated carbocycles. The predicted octanol–water partition coefficient (Wildman–Crippen LogP) is 4.34. The van der Waals surface area contributed by atoms with Gasteiger partial charge in [-0.1, -0.05) is 11.6 Å². The second-order valence-corrected chi connectivity index (χ2v) is 7.56. The van der Waals surface area contributed by atoms with Crippen molar-refractivity contribution in [3.05, 3.63) is 56.7 Å². The van der Waals surface area contributed by atoms with Gasteiger partial charge in [-0.2, -0.15) is 0 Å². The van der Waals surface area contributed by atoms with E-state index in [1.807, 2.05) is 0 Å². The number of halogens is 1. The van der Waals surface area contributed by atoms with E-state index in [2.05, 4.69) is 0 Å². The Balaban J connectivity index is 1.71. The first-order valence-corrected chi connectivity index (χ1v) is 9.40. The van der Waals surface area contributed by atoms with Gasteiger partial charge in [-0.25, -0.2) is 0 Å². The maximum atomic E-state index is 12.7. The number of Topliss-reactive ketones (excluding diaryl/α,β-unsaturated/α-hetero) is 2. The molecule has 0 bridgehead atoms. The number of amides is 1. The van der Waals surface area contributed by atoms with Crippen molar-refractivity contribution >= 4 is 40.4 Å². The summed E-state index contributed by atoms with van der Waals surface area (Å²) < 4.78 is 0. The molecule has 1 aromatic carbocycles. The molecular formula is C19H18ClNO3S. The van der Waals surface area contributed by atoms with E-state index in [1.165, 1.54) is 18.3 Å². The first-order chi connectivity index (χ1) is 12.0. The molecule has 3 rings (SSSR count). The summed E-state index contributed by atoms with van der Waals surface area (Å²) in [4.78, 5) is 39.1. The zero-order valence-electron chi connectivity index (χ0n) is 13.8. The lowest BCUT2D eigenvalue weighted by molar-refractivity contribution is 0.0637. The Kier molecular flexibility index (Phi) is 5.35. The molecule has 0 unspecified atom stereocenters. The molecule has 1 fully saturated rings. The SMILES string of the molecule is CC(=O)c1cc(C(=O)N2CCC[C@H](C(=O)c3ccc(Cl)cc3)C2)cs1. The van der Waals surface area contributed by atoms with Gasteiger partial charge >= 0.3 is 0 Å². The molecule has 4 nitrogen and oxygen atoms in total. The summed E-state index contributed by atoms with van der Waals surface area (Å²) >= 11 is 7.15. The Morgan fingerprint density at radius 3 is 2.52 bits per heavy atom. The van der Waals surface area contributed by atoms with Gasteiger partial charge in [0.2, 0.25) is 0 Å². The standard InChI is InChI=1S/C19H18ClNO3S/c1-12(22)17-9-15(11-25-17)19(24)21-8-2-3-14(10-21)18(23)13-4-6-16(20)7-5-13/h4-7,9,11,14H,2-3,8,10H2,1H3/t14-/m0/s1. The minimum Gasteiger partial charge on any atom is -0.338 e. The second-order valence-electron chi connectivity index (χ2n) is 6.22. The van der Waals surface area contributed by atoms with Gasteiger partial charge in [-0.15, -0.1) is 11.3 Å². The molecule has 2 heterocycles. The number of thiophene rings is 1. The van der Waals surface area contributed by atoms with Crippen molar-refractivity contribution in [2.75, 3.05) is 13.1 Å². The molecule has 2 aromatic rings. The van der Waals surface area contributed by atoms with Crippen molar-refractivity contribution in [3.63, 3.8) is 0 Å². The van der Waals surface area contributed by atoms with E-state index in [4.69, 9.17) is 11.6 Å². The smallest absolute Gasteiger partial charge is 0.254 e. The van der Waals surface area contributed by atoms with E-state index in [0.29, 0.717) is 34.1 Å². The number of carbonyl (C=O) groups excluding carboxylic acids is 3. The second kappa shape index (κ2) is 7.50. The summed E-state index contributed by atoms with van der Waals surface area (Å²) in [5.41, 5.74) is 1.15. The van der Waals surface area contributed by atoms with Gasteiger partial charge in [0.25, 0.3) is 5.91 Å². The van der Waals surface area contributed by atoms with E-state index in [1.54, 1.807) is 40.6 Å². The number of benzene rings is 1. The molecule has 6 heteroatoms. The third-order valence-corrected chi connectivity index (χ3v) is 5.68. The summed E-state index contributed by atoms with van der Waals surface area (Å²) in [6.45, 7) is 2.53. The van der Waals surface area contributed by atoms with Gasteiger partial charge in [-0.3, -0.25) is 14.4 Å². The molecule has 1 aliphatic heterocycles. The lowest BCUT2D eigenvalue weighted by atomic mass is 9.90. The van der Waals surface area contributed by atoms with Crippen LogP contribution in [0.25, 0.3) is 0 Å². The molecule has 1 amide bonds. The van der Waals surface area contributed by atoms with Crippen LogP contribution >= 0.6 is 22.9 Å². The third-order valence-electron chi connectivity index (χ3n) is 4.40. The Bertz CT molecular complexity index is 812. The average molecular weight is 376 g/mol. The molecule has 0 spiro atoms. The molecule has 1 atom stereocenters. The lowest BCUT2D eigenvalue weighted by Crippen LogP contribution is -2.42. The van der Waals surface area contributed by atoms with Crippen LogP contribution in [0.4, 0.5) is 0 Å². The van der Waals surface area contributed by atoms with Crippen LogP contribution in [-0.4, -0.2) is 35.5 Å². The summed E-state index contributed by atoms with van der Waals surface area (Å²) in [5, 5.41) is 2.31. The fourth-order valence-electron chi connectivity index (χ4n) is 3.04. The fraction of sp³-hybridized carbons (Fsp3) is 0.316. The van der Waals surface area contributed by atoms with Crippen molar-refractivity contribution in [3.8, 4) is 0 Å². The van der Waals surface area contributed by atoms with Crippen molar-refractivity contribution in [2.45, 2.75) is 19.8 Å². The molecule has 130 valence electrons. The number of ketones is 2. The molecule has 0 aliphatic carbocycles. The number of hydrogen-bond donors (Lipinski definition) is 0. The minimum absolute atomic E-state index is 0.0431. The van der Waals surface area contributed by atoms with Gasteiger partial charge in [0, 0.05) is 35.0 Å². The highest BCUT2D eigenvalue weighted by molar-refractivity contribution is 7.12. The number of nitrogens with zero attached hydrogens (tertiary/aromatic N) is 1. The van der Waals surface area contributed by atoms with Crippen LogP contribution < -0.4 is 0 Å². The van der Waals surface area contributed by atoms with Crippen LogP contribution in [0.1, 0.15) is 50.2 Å². The third kappa shape index (κ3) is 3.99. The van der Waals surface area contributed by atoms with Crippen LogP contribution in [0.15, 0.2) is 35.7 Å². The fourth-order valence-corrected chi connectivity index (χ4v) is 3.95. The van der Waals surface area contributed by atoms with Crippen molar-refractivity contribution < 1.29 is 14.4 Å². The molecule has 1 aliphatic rings. The molecular weight excluding hydrogens is 358 g/mol. The largest absolute Gasteiger partial charge is 0.338 e. The minimum atomic E-state index is -0.204. The van der Waals surface area contributed by atoms with Gasteiger partial charge in [-0.05, 0) is 50.1 Å². The summed E-state index contributed by atoms with van der Waals surface area (Å²) in [7, 11) is 0. The normalized spacial score (nSPS) is 17.4. The first-order valence-electron chi connectivity index (χ1n) is 8.14. The van der Waals surface area contributed by atoms with Gasteiger partial charge in [0.05, 0.1) is 10.4 Å². The topological polar surface area (TPSA) is 54.5 Å². The first kappa shape index (κ1) is 17.8. The average Bonchev–Trinajstić information content (AvgIpc) is 3.12. The van der Waals surface area contributed by atoms with Gasteiger partial charge in [0.15, 0.2) is 11.6 Å². The zero-order valence-corrected chi connectivity index (χ0v) is 15.4. The van der Waals surface area contributed by atoms with Crippen LogP contribution in [-0.2, 0) is 0 Å². The number of hydrogen-bond acceptors (Lipinski definition) is 4. The Morgan fingerprint density at radius 2 is 1.88 bits per heavy atom. The van der Waals surface area contributed by atoms with E-state index < -0.39 is 0 Å². The Hall–Kier alpha value is -1.98. The number of carbonyl (C=O) groups is 3. The zero-order chi connectivity index (χ0) is 18.0. The van der Waals surface area contributed by atoms with Crippen molar-refractivity contribution in [1.29, 1.82) is 0 Å². The van der Waals surface area contributed by atoms with Crippen molar-refractivity contribution in [2.24, 2.45) is 5.92 Å². The number of piperidine rings is 1. The summed E-state index contributed by atoms with van der Waals surface area (Å²) in [6.07, 6.45) is 1.56. The van der Waals surface area contributed by atoms with Crippen LogP contribution in [0.3, 0.4) is 0 Å². The van der Waals surface area contributed by atoms with E-state index >= 15 is 0 Å². The quantitative estimate of drug-likeness (QED) is 0.747. The lowest BCUT2D eigenvalue weighted by Gasteiger charge is -2.32. The summed E-state index contributed by atoms with van der Waals surface area (Å²) in [6, 6.07) is 8.50. The van der Waals surface area contributed by atoms with Crippen LogP contribution in [0.5, 0.6) is 0 Å². The Morgan fingerprint density at radius 1 is 1.16 bits per heavy atom. The molecule has 1 saturated heterocycles. The predicted molar refractivity (Wildman–Crippen MR) is 98.7 cm³/mol. The van der Waals surface area contributed by atoms with Crippen molar-refractivity contribution in [1.82, 2.24) is 4.90 Å². The van der Waals surface area contributed by atoms with Gasteiger partial charge < -0.3 is 4.90 Å². The number of likely N-dealkylation sites (tertiary alicyclic amines) is 1. The highest BCUT2D eigenvalue weighted by Crippen LogP contribution is 2.24. The maximum absolute atomic E-state index is 12.7. The number of rotatable bonds is 4. The van der Waals surface area contributed by atoms with Crippen LogP contribution in [0, 0.1) is 5.92 Å². The molecule has 0 radical (unpaired) electrons. The van der Waals surface area contributed by atoms with E-state index in [-0.39, 0.29) is 23.4 Å². The summed E-state index contributed by atoms with van der Waals surface area (Å²) in [5.74, 6) is -0.315. The van der Waals surface area contributed by atoms with E-state index in [0.717, 1.165) is 12.8 Å². The van der Waals surface area contributed by atoms with Gasteiger partial charge in [0.1, 0.15) is 0 Å². The molecule has 1 aromatic heterocycles. The highest BCUT2D eigenvalue weighted by atomic mass is 35.5. The molecule has 25 heavy (non-hydrogen) atoms. The molecule has 0 N–H and O–H groups in total. The monoisotopic (exact) mass is 375 g/mol. The van der Waals surface area contributed by atoms with Crippen LogP contribution in [0.2, 0.25) is 5.02 Å². The van der Waals surface area contributed by atoms with E-state index in [9.17, 15) is 14.4 Å². The highest BCUT2D eigenvalue weighted by Gasteiger charge is 2.30.